The number of nitrogens with one attached hydrogen (secondary N) is 1. The van der Waals surface area contributed by atoms with Crippen LogP contribution in [-0.4, -0.2) is 21.8 Å². The van der Waals surface area contributed by atoms with E-state index in [0.29, 0.717) is 24.0 Å². The van der Waals surface area contributed by atoms with Crippen LogP contribution in [-0.2, 0) is 12.8 Å². The van der Waals surface area contributed by atoms with Crippen LogP contribution in [0.1, 0.15) is 51.9 Å². The largest absolute Gasteiger partial charge is 0.477 e. The third-order valence-electron chi connectivity index (χ3n) is 2.86. The number of aromatic carboxylic acids is 1. The van der Waals surface area contributed by atoms with Gasteiger partial charge in [0.15, 0.2) is 5.78 Å². The lowest BCUT2D eigenvalue weighted by Crippen LogP contribution is -2.11. The number of aryl methyl sites for hydroxylation is 1. The number of hydrogen-bond donors (Lipinski definition) is 2. The van der Waals surface area contributed by atoms with Crippen LogP contribution < -0.4 is 0 Å². The molecule has 0 saturated heterocycles. The van der Waals surface area contributed by atoms with Gasteiger partial charge in [-0.1, -0.05) is 6.92 Å². The summed E-state index contributed by atoms with van der Waals surface area (Å²) in [4.78, 5) is 25.5. The molecule has 4 heteroatoms. The van der Waals surface area contributed by atoms with Crippen molar-refractivity contribution >= 4 is 11.8 Å². The molecule has 2 N–H and O–H groups in total. The molecule has 0 fully saturated rings. The summed E-state index contributed by atoms with van der Waals surface area (Å²) in [5.41, 5.74) is 2.31. The third kappa shape index (κ3) is 1.46. The van der Waals surface area contributed by atoms with E-state index in [2.05, 4.69) is 4.98 Å². The van der Waals surface area contributed by atoms with Crippen molar-refractivity contribution in [3.63, 3.8) is 0 Å². The summed E-state index contributed by atoms with van der Waals surface area (Å²) in [6.07, 6.45) is 2.71. The molecule has 4 nitrogen and oxygen atoms in total. The Labute approximate surface area is 87.3 Å². The molecule has 1 aliphatic rings. The second kappa shape index (κ2) is 3.53. The SMILES string of the molecule is CCc1c(C(=O)O)[nH]c2c1C(=O)CCC2. The third-order valence-corrected chi connectivity index (χ3v) is 2.86. The standard InChI is InChI=1S/C11H13NO3/c1-2-6-9-7(4-3-5-8(9)13)12-10(6)11(14)15/h12H,2-5H2,1H3,(H,14,15). The second-order valence-corrected chi connectivity index (χ2v) is 3.77. The molecule has 0 amide bonds. The van der Waals surface area contributed by atoms with Crippen LogP contribution in [0.3, 0.4) is 0 Å². The zero-order valence-corrected chi connectivity index (χ0v) is 8.59. The van der Waals surface area contributed by atoms with Gasteiger partial charge >= 0.3 is 5.97 Å². The average molecular weight is 207 g/mol. The number of hydrogen-bond acceptors (Lipinski definition) is 2. The predicted molar refractivity (Wildman–Crippen MR) is 54.4 cm³/mol. The van der Waals surface area contributed by atoms with Crippen LogP contribution in [0.25, 0.3) is 0 Å². The summed E-state index contributed by atoms with van der Waals surface area (Å²) in [6.45, 7) is 1.87. The van der Waals surface area contributed by atoms with Gasteiger partial charge in [-0.3, -0.25) is 4.79 Å². The maximum absolute atomic E-state index is 11.7. The van der Waals surface area contributed by atoms with Crippen molar-refractivity contribution in [1.29, 1.82) is 0 Å². The second-order valence-electron chi connectivity index (χ2n) is 3.77. The Kier molecular flexibility index (Phi) is 2.34. The van der Waals surface area contributed by atoms with Gasteiger partial charge in [-0.15, -0.1) is 0 Å². The van der Waals surface area contributed by atoms with Crippen LogP contribution >= 0.6 is 0 Å². The van der Waals surface area contributed by atoms with E-state index >= 15 is 0 Å². The minimum atomic E-state index is -0.978. The van der Waals surface area contributed by atoms with Crippen LogP contribution in [0, 0.1) is 0 Å². The van der Waals surface area contributed by atoms with Gasteiger partial charge in [0.2, 0.25) is 0 Å². The Balaban J connectivity index is 2.62. The molecule has 0 aromatic carbocycles. The molecule has 1 aliphatic carbocycles. The first kappa shape index (κ1) is 9.96. The number of aromatic nitrogens is 1. The van der Waals surface area contributed by atoms with Gasteiger partial charge in [0.25, 0.3) is 0 Å². The highest BCUT2D eigenvalue weighted by atomic mass is 16.4. The summed E-state index contributed by atoms with van der Waals surface area (Å²) in [5.74, 6) is -0.897. The van der Waals surface area contributed by atoms with Crippen molar-refractivity contribution in [3.8, 4) is 0 Å². The van der Waals surface area contributed by atoms with Gasteiger partial charge in [0.1, 0.15) is 5.69 Å². The summed E-state index contributed by atoms with van der Waals surface area (Å²) < 4.78 is 0. The molecular weight excluding hydrogens is 194 g/mol. The number of carboxylic acids is 1. The predicted octanol–water partition coefficient (Wildman–Crippen LogP) is 1.79. The van der Waals surface area contributed by atoms with Crippen LogP contribution in [0.4, 0.5) is 0 Å². The van der Waals surface area contributed by atoms with E-state index in [1.54, 1.807) is 0 Å². The van der Waals surface area contributed by atoms with Gasteiger partial charge in [-0.2, -0.15) is 0 Å². The Morgan fingerprint density at radius 3 is 2.80 bits per heavy atom. The number of Topliss-reactive ketones (excluding diaryl/α,β-unsaturated/α-hetero) is 1. The quantitative estimate of drug-likeness (QED) is 0.776. The van der Waals surface area contributed by atoms with Crippen LogP contribution in [0.5, 0.6) is 0 Å². The van der Waals surface area contributed by atoms with E-state index in [-0.39, 0.29) is 11.5 Å². The molecular formula is C11H13NO3. The highest BCUT2D eigenvalue weighted by Gasteiger charge is 2.27. The Hall–Kier alpha value is -1.58. The van der Waals surface area contributed by atoms with E-state index in [1.165, 1.54) is 0 Å². The number of ketones is 1. The fourth-order valence-electron chi connectivity index (χ4n) is 2.21. The monoisotopic (exact) mass is 207 g/mol. The van der Waals surface area contributed by atoms with Gasteiger partial charge in [0, 0.05) is 17.7 Å². The fourth-order valence-corrected chi connectivity index (χ4v) is 2.21. The highest BCUT2D eigenvalue weighted by Crippen LogP contribution is 2.27. The van der Waals surface area contributed by atoms with E-state index in [1.807, 2.05) is 6.92 Å². The number of H-pyrrole nitrogens is 1. The van der Waals surface area contributed by atoms with Crippen molar-refractivity contribution in [1.82, 2.24) is 4.98 Å². The molecule has 0 aliphatic heterocycles. The average Bonchev–Trinajstić information content (AvgIpc) is 2.57. The van der Waals surface area contributed by atoms with Crippen molar-refractivity contribution in [2.75, 3.05) is 0 Å². The van der Waals surface area contributed by atoms with E-state index in [9.17, 15) is 9.59 Å². The van der Waals surface area contributed by atoms with Crippen molar-refractivity contribution in [2.45, 2.75) is 32.6 Å². The van der Waals surface area contributed by atoms with E-state index in [0.717, 1.165) is 18.5 Å². The molecule has 0 radical (unpaired) electrons. The summed E-state index contributed by atoms with van der Waals surface area (Å²) in [6, 6.07) is 0. The summed E-state index contributed by atoms with van der Waals surface area (Å²) in [7, 11) is 0. The molecule has 15 heavy (non-hydrogen) atoms. The minimum Gasteiger partial charge on any atom is -0.477 e. The lowest BCUT2D eigenvalue weighted by Gasteiger charge is -2.10. The molecule has 80 valence electrons. The van der Waals surface area contributed by atoms with Crippen LogP contribution in [0.2, 0.25) is 0 Å². The first-order chi connectivity index (χ1) is 7.15. The number of carboxylic acid groups (broad SMARTS) is 1. The number of rotatable bonds is 2. The molecule has 0 spiro atoms. The number of aromatic amines is 1. The lowest BCUT2D eigenvalue weighted by atomic mass is 9.92. The van der Waals surface area contributed by atoms with Crippen molar-refractivity contribution < 1.29 is 14.7 Å². The van der Waals surface area contributed by atoms with Crippen LogP contribution in [0.15, 0.2) is 0 Å². The molecule has 0 atom stereocenters. The van der Waals surface area contributed by atoms with E-state index in [4.69, 9.17) is 5.11 Å². The normalized spacial score (nSPS) is 15.1. The zero-order valence-electron chi connectivity index (χ0n) is 8.59. The molecule has 0 bridgehead atoms. The Bertz CT molecular complexity index is 431. The number of fused-ring (bicyclic) bond motifs is 1. The highest BCUT2D eigenvalue weighted by molar-refractivity contribution is 6.03. The summed E-state index contributed by atoms with van der Waals surface area (Å²) >= 11 is 0. The topological polar surface area (TPSA) is 70.2 Å². The lowest BCUT2D eigenvalue weighted by molar-refractivity contribution is 0.0690. The van der Waals surface area contributed by atoms with Crippen molar-refractivity contribution in [2.24, 2.45) is 0 Å². The summed E-state index contributed by atoms with van der Waals surface area (Å²) in [5, 5.41) is 8.99. The maximum Gasteiger partial charge on any atom is 0.352 e. The van der Waals surface area contributed by atoms with Crippen molar-refractivity contribution in [3.05, 3.63) is 22.5 Å². The number of carbonyl (C=O) groups is 2. The molecule has 1 heterocycles. The van der Waals surface area contributed by atoms with Gasteiger partial charge in [0.05, 0.1) is 0 Å². The smallest absolute Gasteiger partial charge is 0.352 e. The van der Waals surface area contributed by atoms with Gasteiger partial charge in [-0.25, -0.2) is 4.79 Å². The van der Waals surface area contributed by atoms with E-state index < -0.39 is 5.97 Å². The zero-order chi connectivity index (χ0) is 11.0. The maximum atomic E-state index is 11.7. The molecule has 1 aromatic heterocycles. The molecule has 1 aromatic rings. The fraction of sp³-hybridized carbons (Fsp3) is 0.455. The Morgan fingerprint density at radius 2 is 2.20 bits per heavy atom. The van der Waals surface area contributed by atoms with Gasteiger partial charge < -0.3 is 10.1 Å². The molecule has 2 rings (SSSR count). The first-order valence-electron chi connectivity index (χ1n) is 5.15. The first-order valence-corrected chi connectivity index (χ1v) is 5.15. The minimum absolute atomic E-state index is 0.0804. The molecule has 0 saturated carbocycles. The molecule has 0 unspecified atom stereocenters. The Morgan fingerprint density at radius 1 is 1.47 bits per heavy atom. The van der Waals surface area contributed by atoms with Gasteiger partial charge in [-0.05, 0) is 24.8 Å². The number of carbonyl (C=O) groups excluding carboxylic acids is 1.